The molecule has 0 atom stereocenters. The Morgan fingerprint density at radius 3 is 2.65 bits per heavy atom. The van der Waals surface area contributed by atoms with Gasteiger partial charge in [-0.15, -0.1) is 0 Å². The van der Waals surface area contributed by atoms with Crippen LogP contribution in [0.25, 0.3) is 6.08 Å². The van der Waals surface area contributed by atoms with Crippen LogP contribution in [0.1, 0.15) is 40.3 Å². The first kappa shape index (κ1) is 24.5. The molecule has 1 aromatic carbocycles. The number of carbonyl (C=O) groups excluding carboxylic acids is 2. The van der Waals surface area contributed by atoms with Gasteiger partial charge in [0.15, 0.2) is 6.61 Å². The summed E-state index contributed by atoms with van der Waals surface area (Å²) in [4.78, 5) is 26.2. The van der Waals surface area contributed by atoms with Crippen molar-refractivity contribution in [3.63, 3.8) is 0 Å². The van der Waals surface area contributed by atoms with E-state index in [0.717, 1.165) is 22.5 Å². The lowest BCUT2D eigenvalue weighted by Crippen LogP contribution is -2.34. The van der Waals surface area contributed by atoms with Gasteiger partial charge in [0.1, 0.15) is 5.76 Å². The van der Waals surface area contributed by atoms with E-state index in [4.69, 9.17) is 14.4 Å². The number of hydrogen-bond donors (Lipinski definition) is 0. The molecule has 34 heavy (non-hydrogen) atoms. The average Bonchev–Trinajstić information content (AvgIpc) is 3.43. The topological polar surface area (TPSA) is 101 Å². The van der Waals surface area contributed by atoms with Crippen LogP contribution < -0.4 is 0 Å². The van der Waals surface area contributed by atoms with Gasteiger partial charge in [-0.1, -0.05) is 29.8 Å². The van der Waals surface area contributed by atoms with Gasteiger partial charge in [0, 0.05) is 23.9 Å². The third kappa shape index (κ3) is 6.69. The van der Waals surface area contributed by atoms with Crippen molar-refractivity contribution < 1.29 is 18.7 Å². The van der Waals surface area contributed by atoms with Crippen molar-refractivity contribution in [1.29, 1.82) is 5.26 Å². The van der Waals surface area contributed by atoms with E-state index in [9.17, 15) is 9.59 Å². The molecule has 3 aromatic rings. The van der Waals surface area contributed by atoms with Crippen molar-refractivity contribution >= 4 is 18.0 Å². The fraction of sp³-hybridized carbons (Fsp3) is 0.308. The van der Waals surface area contributed by atoms with E-state index < -0.39 is 18.5 Å². The smallest absolute Gasteiger partial charge is 0.331 e. The van der Waals surface area contributed by atoms with Crippen LogP contribution >= 0.6 is 0 Å². The number of aromatic nitrogens is 2. The summed E-state index contributed by atoms with van der Waals surface area (Å²) in [6, 6.07) is 13.7. The lowest BCUT2D eigenvalue weighted by Gasteiger charge is -2.20. The summed E-state index contributed by atoms with van der Waals surface area (Å²) in [5.41, 5.74) is 4.90. The average molecular weight is 461 g/mol. The first-order valence-corrected chi connectivity index (χ1v) is 11.0. The number of ether oxygens (including phenoxy) is 1. The maximum atomic E-state index is 12.5. The molecule has 0 fully saturated rings. The lowest BCUT2D eigenvalue weighted by molar-refractivity contribution is -0.148. The molecule has 0 spiro atoms. The minimum absolute atomic E-state index is 0.172. The van der Waals surface area contributed by atoms with Crippen molar-refractivity contribution in [2.75, 3.05) is 13.2 Å². The van der Waals surface area contributed by atoms with Crippen molar-refractivity contribution in [2.45, 2.75) is 40.3 Å². The van der Waals surface area contributed by atoms with Crippen LogP contribution in [-0.2, 0) is 27.4 Å². The Morgan fingerprint density at radius 2 is 1.97 bits per heavy atom. The van der Waals surface area contributed by atoms with Crippen LogP contribution in [-0.4, -0.2) is 39.7 Å². The van der Waals surface area contributed by atoms with Gasteiger partial charge in [0.25, 0.3) is 5.91 Å². The van der Waals surface area contributed by atoms with Gasteiger partial charge < -0.3 is 14.1 Å². The summed E-state index contributed by atoms with van der Waals surface area (Å²) in [6.45, 7) is 6.53. The zero-order valence-corrected chi connectivity index (χ0v) is 19.7. The van der Waals surface area contributed by atoms with Crippen LogP contribution in [0.3, 0.4) is 0 Å². The van der Waals surface area contributed by atoms with E-state index in [-0.39, 0.29) is 19.5 Å². The Kier molecular flexibility index (Phi) is 8.41. The number of hydrogen-bond acceptors (Lipinski definition) is 6. The zero-order chi connectivity index (χ0) is 24.5. The molecule has 0 saturated heterocycles. The normalized spacial score (nSPS) is 10.9. The zero-order valence-electron chi connectivity index (χ0n) is 19.7. The number of rotatable bonds is 10. The van der Waals surface area contributed by atoms with E-state index in [1.807, 2.05) is 31.5 Å². The SMILES string of the molecule is Cc1ccc(Cn2nc(C)c(/C=C/C(=O)OCC(=O)N(CCC#N)Cc3ccco3)c2C)cc1. The predicted octanol–water partition coefficient (Wildman–Crippen LogP) is 3.95. The number of nitriles is 1. The first-order valence-electron chi connectivity index (χ1n) is 11.0. The fourth-order valence-corrected chi connectivity index (χ4v) is 3.46. The third-order valence-corrected chi connectivity index (χ3v) is 5.39. The highest BCUT2D eigenvalue weighted by atomic mass is 16.5. The highest BCUT2D eigenvalue weighted by Gasteiger charge is 2.17. The van der Waals surface area contributed by atoms with Gasteiger partial charge in [0.2, 0.25) is 0 Å². The summed E-state index contributed by atoms with van der Waals surface area (Å²) >= 11 is 0. The molecule has 0 unspecified atom stereocenters. The van der Waals surface area contributed by atoms with Crippen LogP contribution in [0.5, 0.6) is 0 Å². The lowest BCUT2D eigenvalue weighted by atomic mass is 10.1. The summed E-state index contributed by atoms with van der Waals surface area (Å²) < 4.78 is 12.3. The maximum Gasteiger partial charge on any atom is 0.331 e. The molecule has 2 aromatic heterocycles. The molecule has 0 radical (unpaired) electrons. The Bertz CT molecular complexity index is 1180. The van der Waals surface area contributed by atoms with Gasteiger partial charge in [-0.05, 0) is 44.5 Å². The van der Waals surface area contributed by atoms with Gasteiger partial charge in [-0.2, -0.15) is 10.4 Å². The number of amides is 1. The Labute approximate surface area is 199 Å². The summed E-state index contributed by atoms with van der Waals surface area (Å²) in [7, 11) is 0. The van der Waals surface area contributed by atoms with Crippen molar-refractivity contribution in [1.82, 2.24) is 14.7 Å². The molecule has 2 heterocycles. The van der Waals surface area contributed by atoms with Crippen LogP contribution in [0.15, 0.2) is 53.2 Å². The van der Waals surface area contributed by atoms with E-state index in [1.54, 1.807) is 18.2 Å². The monoisotopic (exact) mass is 460 g/mol. The number of aryl methyl sites for hydroxylation is 2. The highest BCUT2D eigenvalue weighted by Crippen LogP contribution is 2.17. The molecule has 0 aliphatic heterocycles. The second-order valence-electron chi connectivity index (χ2n) is 7.97. The second kappa shape index (κ2) is 11.7. The molecular weight excluding hydrogens is 432 g/mol. The fourth-order valence-electron chi connectivity index (χ4n) is 3.46. The van der Waals surface area contributed by atoms with Gasteiger partial charge >= 0.3 is 5.97 Å². The molecule has 176 valence electrons. The molecule has 1 amide bonds. The van der Waals surface area contributed by atoms with Crippen LogP contribution in [0.2, 0.25) is 0 Å². The van der Waals surface area contributed by atoms with Crippen molar-refractivity contribution in [3.8, 4) is 6.07 Å². The number of nitrogens with zero attached hydrogens (tertiary/aromatic N) is 4. The number of furan rings is 1. The quantitative estimate of drug-likeness (QED) is 0.335. The van der Waals surface area contributed by atoms with Crippen molar-refractivity contribution in [2.24, 2.45) is 0 Å². The van der Waals surface area contributed by atoms with Crippen molar-refractivity contribution in [3.05, 3.63) is 82.6 Å². The summed E-state index contributed by atoms with van der Waals surface area (Å²) in [5.74, 6) is -0.436. The van der Waals surface area contributed by atoms with Gasteiger partial charge in [-0.3, -0.25) is 9.48 Å². The largest absolute Gasteiger partial charge is 0.467 e. The molecule has 0 aliphatic carbocycles. The Hall–Kier alpha value is -4.12. The van der Waals surface area contributed by atoms with E-state index in [2.05, 4.69) is 29.4 Å². The van der Waals surface area contributed by atoms with Gasteiger partial charge in [0.05, 0.1) is 37.5 Å². The van der Waals surface area contributed by atoms with E-state index in [0.29, 0.717) is 12.3 Å². The van der Waals surface area contributed by atoms with E-state index in [1.165, 1.54) is 22.8 Å². The van der Waals surface area contributed by atoms with Gasteiger partial charge in [-0.25, -0.2) is 4.79 Å². The molecule has 3 rings (SSSR count). The molecule has 0 bridgehead atoms. The Balaban J connectivity index is 1.58. The highest BCUT2D eigenvalue weighted by molar-refractivity contribution is 5.89. The molecule has 0 N–H and O–H groups in total. The minimum atomic E-state index is -0.628. The predicted molar refractivity (Wildman–Crippen MR) is 126 cm³/mol. The van der Waals surface area contributed by atoms with E-state index >= 15 is 0 Å². The number of carbonyl (C=O) groups is 2. The molecule has 8 nitrogen and oxygen atoms in total. The van der Waals surface area contributed by atoms with Crippen LogP contribution in [0.4, 0.5) is 0 Å². The number of benzene rings is 1. The van der Waals surface area contributed by atoms with Crippen LogP contribution in [0, 0.1) is 32.1 Å². The molecule has 0 saturated carbocycles. The molecule has 8 heteroatoms. The Morgan fingerprint density at radius 1 is 1.21 bits per heavy atom. The third-order valence-electron chi connectivity index (χ3n) is 5.39. The molecular formula is C26H28N4O4. The summed E-state index contributed by atoms with van der Waals surface area (Å²) in [6.07, 6.45) is 4.64. The maximum absolute atomic E-state index is 12.5. The minimum Gasteiger partial charge on any atom is -0.467 e. The summed E-state index contributed by atoms with van der Waals surface area (Å²) in [5, 5.41) is 13.4. The standard InChI is InChI=1S/C26H28N4O4/c1-19-7-9-22(10-8-19)16-30-21(3)24(20(2)28-30)11-12-26(32)34-18-25(31)29(14-5-13-27)17-23-6-4-15-33-23/h4,6-12,15H,5,14,16-18H2,1-3H3/b12-11+. The number of esters is 1. The second-order valence-corrected chi connectivity index (χ2v) is 7.97. The first-order chi connectivity index (χ1) is 16.4. The molecule has 0 aliphatic rings.